The van der Waals surface area contributed by atoms with E-state index < -0.39 is 0 Å². The number of aromatic nitrogens is 1. The maximum Gasteiger partial charge on any atom is 0.195 e. The van der Waals surface area contributed by atoms with Crippen molar-refractivity contribution in [2.45, 2.75) is 13.5 Å². The monoisotopic (exact) mass is 419 g/mol. The van der Waals surface area contributed by atoms with Crippen molar-refractivity contribution < 1.29 is 4.79 Å². The number of carbonyl (C=O) groups excluding carboxylic acids is 1. The van der Waals surface area contributed by atoms with Gasteiger partial charge in [-0.3, -0.25) is 4.79 Å². The van der Waals surface area contributed by atoms with E-state index in [1.165, 1.54) is 0 Å². The molecule has 2 nitrogen and oxygen atoms in total. The number of allylic oxidation sites excluding steroid dienone is 5. The molecule has 0 aliphatic carbocycles. The topological polar surface area (TPSA) is 22.0 Å². The smallest absolute Gasteiger partial charge is 0.195 e. The van der Waals surface area contributed by atoms with Crippen LogP contribution in [0.3, 0.4) is 0 Å². The lowest BCUT2D eigenvalue weighted by molar-refractivity contribution is 0.104. The predicted octanol–water partition coefficient (Wildman–Crippen LogP) is 6.57. The molecule has 0 bridgehead atoms. The van der Waals surface area contributed by atoms with Gasteiger partial charge in [-0.15, -0.1) is 0 Å². The fourth-order valence-electron chi connectivity index (χ4n) is 3.14. The average molecular weight is 420 g/mol. The van der Waals surface area contributed by atoms with Crippen molar-refractivity contribution in [3.05, 3.63) is 107 Å². The second-order valence-electron chi connectivity index (χ2n) is 6.51. The van der Waals surface area contributed by atoms with Crippen LogP contribution in [0.5, 0.6) is 0 Å². The van der Waals surface area contributed by atoms with Gasteiger partial charge in [0.05, 0.1) is 0 Å². The Kier molecular flexibility index (Phi) is 6.25. The van der Waals surface area contributed by atoms with Gasteiger partial charge in [0.15, 0.2) is 5.78 Å². The molecule has 0 amide bonds. The van der Waals surface area contributed by atoms with Crippen LogP contribution in [0.4, 0.5) is 0 Å². The van der Waals surface area contributed by atoms with Crippen molar-refractivity contribution in [1.29, 1.82) is 0 Å². The molecule has 0 spiro atoms. The van der Waals surface area contributed by atoms with E-state index in [1.54, 1.807) is 6.08 Å². The van der Waals surface area contributed by atoms with Crippen LogP contribution in [0.25, 0.3) is 10.9 Å². The molecule has 136 valence electrons. The predicted molar refractivity (Wildman–Crippen MR) is 117 cm³/mol. The summed E-state index contributed by atoms with van der Waals surface area (Å²) in [6.45, 7) is 6.64. The van der Waals surface area contributed by atoms with Crippen molar-refractivity contribution in [3.8, 4) is 0 Å². The molecular weight excluding hydrogens is 398 g/mol. The molecule has 0 N–H and O–H groups in total. The van der Waals surface area contributed by atoms with Gasteiger partial charge in [0.2, 0.25) is 0 Å². The third-order valence-electron chi connectivity index (χ3n) is 4.42. The third kappa shape index (κ3) is 4.37. The number of carbonyl (C=O) groups is 1. The summed E-state index contributed by atoms with van der Waals surface area (Å²) in [5.74, 6) is 0.372. The standard InChI is InChI=1S/C24H22BrNO/c1-3-4-5-7-11-18(2)16-26-17-20(23-21(25)14-10-15-22(23)26)24(27)19-12-8-6-9-13-19/h3-15,17-18H,1,16H2,2H3/b5-4-,11-7-. The van der Waals surface area contributed by atoms with E-state index in [2.05, 4.69) is 46.1 Å². The number of benzene rings is 2. The summed E-state index contributed by atoms with van der Waals surface area (Å²) < 4.78 is 3.11. The highest BCUT2D eigenvalue weighted by atomic mass is 79.9. The first-order valence-electron chi connectivity index (χ1n) is 8.95. The summed E-state index contributed by atoms with van der Waals surface area (Å²) in [6, 6.07) is 15.5. The molecule has 0 aliphatic heterocycles. The van der Waals surface area contributed by atoms with Crippen LogP contribution in [0, 0.1) is 5.92 Å². The second kappa shape index (κ2) is 8.83. The molecule has 3 aromatic rings. The molecule has 0 saturated heterocycles. The lowest BCUT2D eigenvalue weighted by Gasteiger charge is -2.09. The molecular formula is C24H22BrNO. The van der Waals surface area contributed by atoms with Crippen molar-refractivity contribution in [3.63, 3.8) is 0 Å². The van der Waals surface area contributed by atoms with Crippen molar-refractivity contribution >= 4 is 32.6 Å². The molecule has 27 heavy (non-hydrogen) atoms. The summed E-state index contributed by atoms with van der Waals surface area (Å²) in [6.07, 6.45) is 11.8. The van der Waals surface area contributed by atoms with Crippen LogP contribution < -0.4 is 0 Å². The van der Waals surface area contributed by atoms with Crippen molar-refractivity contribution in [1.82, 2.24) is 4.57 Å². The van der Waals surface area contributed by atoms with Crippen molar-refractivity contribution in [2.75, 3.05) is 0 Å². The van der Waals surface area contributed by atoms with E-state index in [9.17, 15) is 4.79 Å². The summed E-state index contributed by atoms with van der Waals surface area (Å²) in [7, 11) is 0. The van der Waals surface area contributed by atoms with Crippen LogP contribution in [-0.2, 0) is 6.54 Å². The quantitative estimate of drug-likeness (QED) is 0.313. The number of hydrogen-bond donors (Lipinski definition) is 0. The average Bonchev–Trinajstić information content (AvgIpc) is 3.05. The highest BCUT2D eigenvalue weighted by Gasteiger charge is 2.19. The number of ketones is 1. The van der Waals surface area contributed by atoms with Crippen LogP contribution in [0.15, 0.2) is 96.2 Å². The number of nitrogens with zero attached hydrogens (tertiary/aromatic N) is 1. The molecule has 0 saturated carbocycles. The summed E-state index contributed by atoms with van der Waals surface area (Å²) in [4.78, 5) is 13.1. The van der Waals surface area contributed by atoms with Crippen LogP contribution in [0.2, 0.25) is 0 Å². The summed E-state index contributed by atoms with van der Waals surface area (Å²) in [5, 5.41) is 0.967. The number of halogens is 1. The van der Waals surface area contributed by atoms with Gasteiger partial charge in [0.25, 0.3) is 0 Å². The van der Waals surface area contributed by atoms with Crippen LogP contribution >= 0.6 is 15.9 Å². The highest BCUT2D eigenvalue weighted by molar-refractivity contribution is 9.10. The van der Waals surface area contributed by atoms with E-state index in [1.807, 2.05) is 66.9 Å². The largest absolute Gasteiger partial charge is 0.346 e. The first-order chi connectivity index (χ1) is 13.1. The third-order valence-corrected chi connectivity index (χ3v) is 5.08. The van der Waals surface area contributed by atoms with E-state index in [-0.39, 0.29) is 5.78 Å². The Bertz CT molecular complexity index is 1010. The molecule has 1 unspecified atom stereocenters. The van der Waals surface area contributed by atoms with Crippen molar-refractivity contribution in [2.24, 2.45) is 5.92 Å². The van der Waals surface area contributed by atoms with Gasteiger partial charge in [0, 0.05) is 39.2 Å². The normalized spacial score (nSPS) is 12.8. The fraction of sp³-hybridized carbons (Fsp3) is 0.125. The summed E-state index contributed by atoms with van der Waals surface area (Å²) >= 11 is 3.63. The Morgan fingerprint density at radius 3 is 2.63 bits per heavy atom. The minimum atomic E-state index is 0.0448. The van der Waals surface area contributed by atoms with Gasteiger partial charge in [-0.2, -0.15) is 0 Å². The van der Waals surface area contributed by atoms with Gasteiger partial charge < -0.3 is 4.57 Å². The second-order valence-corrected chi connectivity index (χ2v) is 7.36. The van der Waals surface area contributed by atoms with Gasteiger partial charge in [-0.25, -0.2) is 0 Å². The lowest BCUT2D eigenvalue weighted by Crippen LogP contribution is -2.04. The van der Waals surface area contributed by atoms with Crippen LogP contribution in [-0.4, -0.2) is 10.4 Å². The maximum atomic E-state index is 13.1. The molecule has 1 aromatic heterocycles. The van der Waals surface area contributed by atoms with Gasteiger partial charge in [-0.1, -0.05) is 96.2 Å². The van der Waals surface area contributed by atoms with Gasteiger partial charge >= 0.3 is 0 Å². The Morgan fingerprint density at radius 1 is 1.11 bits per heavy atom. The summed E-state index contributed by atoms with van der Waals surface area (Å²) in [5.41, 5.74) is 2.49. The number of hydrogen-bond acceptors (Lipinski definition) is 1. The lowest BCUT2D eigenvalue weighted by atomic mass is 10.0. The molecule has 0 aliphatic rings. The van der Waals surface area contributed by atoms with Gasteiger partial charge in [0.1, 0.15) is 0 Å². The molecule has 0 fully saturated rings. The van der Waals surface area contributed by atoms with Crippen LogP contribution in [0.1, 0.15) is 22.8 Å². The van der Waals surface area contributed by atoms with E-state index in [0.717, 1.165) is 27.5 Å². The molecule has 3 heteroatoms. The number of fused-ring (bicyclic) bond motifs is 1. The highest BCUT2D eigenvalue weighted by Crippen LogP contribution is 2.31. The molecule has 3 rings (SSSR count). The minimum absolute atomic E-state index is 0.0448. The Morgan fingerprint density at radius 2 is 1.89 bits per heavy atom. The molecule has 1 atom stereocenters. The van der Waals surface area contributed by atoms with Gasteiger partial charge in [-0.05, 0) is 18.1 Å². The Hall–Kier alpha value is -2.65. The van der Waals surface area contributed by atoms with E-state index in [0.29, 0.717) is 11.5 Å². The zero-order valence-corrected chi connectivity index (χ0v) is 16.9. The molecule has 0 radical (unpaired) electrons. The number of rotatable bonds is 7. The molecule has 2 aromatic carbocycles. The fourth-order valence-corrected chi connectivity index (χ4v) is 3.71. The zero-order chi connectivity index (χ0) is 19.2. The Labute approximate surface area is 168 Å². The Balaban J connectivity index is 1.99. The van der Waals surface area contributed by atoms with E-state index in [4.69, 9.17) is 0 Å². The van der Waals surface area contributed by atoms with E-state index >= 15 is 0 Å². The maximum absolute atomic E-state index is 13.1. The first kappa shape index (κ1) is 19.1. The molecule has 1 heterocycles. The SMILES string of the molecule is C=C/C=C\C=C/C(C)Cn1cc(C(=O)c2ccccc2)c2c(Br)cccc21. The zero-order valence-electron chi connectivity index (χ0n) is 15.3. The first-order valence-corrected chi connectivity index (χ1v) is 9.74. The minimum Gasteiger partial charge on any atom is -0.346 e.